The third-order valence-corrected chi connectivity index (χ3v) is 3.15. The molecule has 2 heterocycles. The van der Waals surface area contributed by atoms with E-state index in [0.29, 0.717) is 16.3 Å². The minimum Gasteiger partial charge on any atom is -0.229 e. The van der Waals surface area contributed by atoms with Crippen LogP contribution in [0.25, 0.3) is 16.9 Å². The second-order valence-corrected chi connectivity index (χ2v) is 4.50. The smallest absolute Gasteiger partial charge is 0.150 e. The summed E-state index contributed by atoms with van der Waals surface area (Å²) in [5.74, 6) is 0. The Morgan fingerprint density at radius 1 is 1.28 bits per heavy atom. The summed E-state index contributed by atoms with van der Waals surface area (Å²) in [7, 11) is 5.83. The van der Waals surface area contributed by atoms with Crippen LogP contribution in [0.4, 0.5) is 0 Å². The van der Waals surface area contributed by atoms with E-state index >= 15 is 0 Å². The lowest BCUT2D eigenvalue weighted by Crippen LogP contribution is -2.04. The third kappa shape index (κ3) is 1.69. The minimum atomic E-state index is 0.495. The molecule has 0 amide bonds. The molecule has 0 aliphatic heterocycles. The maximum Gasteiger partial charge on any atom is 0.150 e. The van der Waals surface area contributed by atoms with Gasteiger partial charge in [-0.2, -0.15) is 5.10 Å². The number of benzene rings is 1. The van der Waals surface area contributed by atoms with Gasteiger partial charge in [-0.05, 0) is 17.9 Å². The number of hydrogen-bond donors (Lipinski definition) is 0. The average molecular weight is 254 g/mol. The second kappa shape index (κ2) is 4.14. The normalized spacial score (nSPS) is 11.0. The fourth-order valence-electron chi connectivity index (χ4n) is 1.94. The van der Waals surface area contributed by atoms with Crippen molar-refractivity contribution in [1.29, 1.82) is 0 Å². The molecule has 3 nitrogen and oxygen atoms in total. The number of halogens is 1. The lowest BCUT2D eigenvalue weighted by molar-refractivity contribution is 0.941. The van der Waals surface area contributed by atoms with Crippen LogP contribution in [-0.2, 0) is 0 Å². The number of nitrogens with zero attached hydrogens (tertiary/aromatic N) is 3. The molecule has 0 atom stereocenters. The molecular weight excluding hydrogens is 244 g/mol. The van der Waals surface area contributed by atoms with Gasteiger partial charge in [-0.25, -0.2) is 9.50 Å². The highest BCUT2D eigenvalue weighted by Gasteiger charge is 2.09. The van der Waals surface area contributed by atoms with Gasteiger partial charge < -0.3 is 0 Å². The van der Waals surface area contributed by atoms with Crippen LogP contribution in [0.1, 0.15) is 5.56 Å². The Bertz CT molecular complexity index is 736. The second-order valence-electron chi connectivity index (χ2n) is 4.11. The van der Waals surface area contributed by atoms with Crippen molar-refractivity contribution >= 4 is 30.6 Å². The zero-order valence-corrected chi connectivity index (χ0v) is 10.5. The van der Waals surface area contributed by atoms with Gasteiger partial charge in [0.2, 0.25) is 0 Å². The molecule has 0 fully saturated rings. The van der Waals surface area contributed by atoms with E-state index in [4.69, 9.17) is 19.4 Å². The van der Waals surface area contributed by atoms with Crippen molar-refractivity contribution < 1.29 is 0 Å². The van der Waals surface area contributed by atoms with Crippen molar-refractivity contribution in [3.05, 3.63) is 47.2 Å². The molecule has 86 valence electrons. The predicted octanol–water partition coefficient (Wildman–Crippen LogP) is 2.15. The molecule has 3 rings (SSSR count). The zero-order chi connectivity index (χ0) is 12.7. The van der Waals surface area contributed by atoms with Crippen LogP contribution < -0.4 is 5.46 Å². The van der Waals surface area contributed by atoms with Gasteiger partial charge in [0, 0.05) is 17.8 Å². The van der Waals surface area contributed by atoms with E-state index in [1.165, 1.54) is 4.52 Å². The van der Waals surface area contributed by atoms with Gasteiger partial charge in [0.05, 0.1) is 5.69 Å². The fraction of sp³-hybridized carbons (Fsp3) is 0.0769. The van der Waals surface area contributed by atoms with Gasteiger partial charge in [0.25, 0.3) is 0 Å². The molecule has 2 aromatic heterocycles. The molecule has 0 aliphatic carbocycles. The number of aryl methyl sites for hydroxylation is 1. The van der Waals surface area contributed by atoms with E-state index in [2.05, 4.69) is 10.1 Å². The highest BCUT2D eigenvalue weighted by molar-refractivity contribution is 6.36. The van der Waals surface area contributed by atoms with E-state index in [1.54, 1.807) is 12.3 Å². The summed E-state index contributed by atoms with van der Waals surface area (Å²) >= 11 is 6.18. The Morgan fingerprint density at radius 3 is 2.83 bits per heavy atom. The fourth-order valence-corrected chi connectivity index (χ4v) is 2.17. The molecule has 2 radical (unpaired) electrons. The Balaban J connectivity index is 2.31. The Hall–Kier alpha value is -1.81. The maximum absolute atomic E-state index is 6.18. The predicted molar refractivity (Wildman–Crippen MR) is 73.6 cm³/mol. The van der Waals surface area contributed by atoms with E-state index in [9.17, 15) is 0 Å². The summed E-state index contributed by atoms with van der Waals surface area (Å²) in [6.45, 7) is 2.04. The van der Waals surface area contributed by atoms with Crippen LogP contribution in [0.5, 0.6) is 0 Å². The highest BCUT2D eigenvalue weighted by Crippen LogP contribution is 2.24. The van der Waals surface area contributed by atoms with E-state index in [1.807, 2.05) is 31.2 Å². The number of hydrogen-bond acceptors (Lipinski definition) is 2. The van der Waals surface area contributed by atoms with Crippen molar-refractivity contribution in [2.45, 2.75) is 6.92 Å². The summed E-state index contributed by atoms with van der Waals surface area (Å²) in [6, 6.07) is 9.81. The first-order valence-corrected chi connectivity index (χ1v) is 5.90. The van der Waals surface area contributed by atoms with Crippen molar-refractivity contribution in [2.24, 2.45) is 0 Å². The Kier molecular flexibility index (Phi) is 2.60. The minimum absolute atomic E-state index is 0.495. The summed E-state index contributed by atoms with van der Waals surface area (Å²) in [6.07, 6.45) is 1.55. The van der Waals surface area contributed by atoms with Crippen LogP contribution in [0, 0.1) is 6.92 Å². The summed E-state index contributed by atoms with van der Waals surface area (Å²) in [5.41, 5.74) is 4.09. The van der Waals surface area contributed by atoms with Gasteiger partial charge in [-0.1, -0.05) is 35.9 Å². The van der Waals surface area contributed by atoms with E-state index in [-0.39, 0.29) is 0 Å². The average Bonchev–Trinajstić information content (AvgIpc) is 2.72. The van der Waals surface area contributed by atoms with Crippen LogP contribution in [0.2, 0.25) is 5.15 Å². The largest absolute Gasteiger partial charge is 0.229 e. The lowest BCUT2D eigenvalue weighted by atomic mass is 10.0. The molecule has 5 heteroatoms. The van der Waals surface area contributed by atoms with Crippen LogP contribution in [0.3, 0.4) is 0 Å². The SMILES string of the molecule is [B]c1cnn2c(Cl)cc(-c3ccccc3C)nc12. The van der Waals surface area contributed by atoms with Crippen molar-refractivity contribution in [3.63, 3.8) is 0 Å². The topological polar surface area (TPSA) is 30.2 Å². The quantitative estimate of drug-likeness (QED) is 0.491. The molecule has 0 bridgehead atoms. The van der Waals surface area contributed by atoms with Crippen molar-refractivity contribution in [2.75, 3.05) is 0 Å². The van der Waals surface area contributed by atoms with Gasteiger partial charge in [0.15, 0.2) is 0 Å². The van der Waals surface area contributed by atoms with Crippen molar-refractivity contribution in [3.8, 4) is 11.3 Å². The Labute approximate surface area is 111 Å². The van der Waals surface area contributed by atoms with Crippen LogP contribution in [-0.4, -0.2) is 22.4 Å². The zero-order valence-electron chi connectivity index (χ0n) is 9.76. The first kappa shape index (κ1) is 11.3. The highest BCUT2D eigenvalue weighted by atomic mass is 35.5. The molecule has 1 aromatic carbocycles. The third-order valence-electron chi connectivity index (χ3n) is 2.88. The molecule has 0 aliphatic rings. The molecule has 0 spiro atoms. The monoisotopic (exact) mass is 253 g/mol. The molecule has 0 unspecified atom stereocenters. The molecule has 3 aromatic rings. The van der Waals surface area contributed by atoms with Crippen LogP contribution in [0.15, 0.2) is 36.5 Å². The van der Waals surface area contributed by atoms with E-state index < -0.39 is 0 Å². The molecule has 0 N–H and O–H groups in total. The summed E-state index contributed by atoms with van der Waals surface area (Å²) < 4.78 is 1.53. The van der Waals surface area contributed by atoms with E-state index in [0.717, 1.165) is 16.8 Å². The van der Waals surface area contributed by atoms with Gasteiger partial charge >= 0.3 is 0 Å². The number of aromatic nitrogens is 3. The number of rotatable bonds is 1. The maximum atomic E-state index is 6.18. The molecular formula is C13H9BClN3. The van der Waals surface area contributed by atoms with Gasteiger partial charge in [-0.3, -0.25) is 0 Å². The number of fused-ring (bicyclic) bond motifs is 1. The molecule has 18 heavy (non-hydrogen) atoms. The first-order chi connectivity index (χ1) is 8.66. The summed E-state index contributed by atoms with van der Waals surface area (Å²) in [4.78, 5) is 4.52. The van der Waals surface area contributed by atoms with Crippen molar-refractivity contribution in [1.82, 2.24) is 14.6 Å². The lowest BCUT2D eigenvalue weighted by Gasteiger charge is -2.07. The first-order valence-electron chi connectivity index (χ1n) is 5.52. The molecule has 0 saturated carbocycles. The summed E-state index contributed by atoms with van der Waals surface area (Å²) in [5, 5.41) is 4.57. The standard InChI is InChI=1S/C13H9BClN3/c1-8-4-2-3-5-9(8)11-6-12(15)18-13(17-11)10(14)7-16-18/h2-7H,1H3. The van der Waals surface area contributed by atoms with Gasteiger partial charge in [-0.15, -0.1) is 0 Å². The Morgan fingerprint density at radius 2 is 2.06 bits per heavy atom. The van der Waals surface area contributed by atoms with Crippen LogP contribution >= 0.6 is 11.6 Å². The molecule has 0 saturated heterocycles. The van der Waals surface area contributed by atoms with Gasteiger partial charge in [0.1, 0.15) is 18.6 Å².